The van der Waals surface area contributed by atoms with Gasteiger partial charge in [0, 0.05) is 33.6 Å². The summed E-state index contributed by atoms with van der Waals surface area (Å²) in [6.07, 6.45) is 5.66. The number of H-pyrrole nitrogens is 1. The zero-order valence-corrected chi connectivity index (χ0v) is 19.6. The van der Waals surface area contributed by atoms with Crippen molar-refractivity contribution in [2.75, 3.05) is 5.73 Å². The summed E-state index contributed by atoms with van der Waals surface area (Å²) in [5.41, 5.74) is 10.8. The lowest BCUT2D eigenvalue weighted by Crippen LogP contribution is -2.23. The van der Waals surface area contributed by atoms with E-state index in [4.69, 9.17) is 5.73 Å². The lowest BCUT2D eigenvalue weighted by molar-refractivity contribution is 0.0948. The van der Waals surface area contributed by atoms with Crippen LogP contribution in [0.15, 0.2) is 101 Å². The predicted octanol–water partition coefficient (Wildman–Crippen LogP) is 5.79. The number of amides is 1. The number of rotatable bonds is 7. The van der Waals surface area contributed by atoms with Crippen LogP contribution in [0, 0.1) is 0 Å². The first-order chi connectivity index (χ1) is 17.2. The summed E-state index contributed by atoms with van der Waals surface area (Å²) in [5.74, 6) is -0.138. The number of nitrogens with zero attached hydrogens (tertiary/aromatic N) is 2. The fourth-order valence-corrected chi connectivity index (χ4v) is 4.67. The second-order valence-electron chi connectivity index (χ2n) is 7.88. The number of carbonyl (C=O) groups excluding carboxylic acids is 1. The molecule has 5 rings (SSSR count). The Labute approximate surface area is 207 Å². The number of para-hydroxylation sites is 1. The number of fused-ring (bicyclic) bond motifs is 1. The Balaban J connectivity index is 1.32. The highest BCUT2D eigenvalue weighted by Gasteiger charge is 2.13. The normalized spacial score (nSPS) is 11.2. The van der Waals surface area contributed by atoms with Crippen molar-refractivity contribution in [2.45, 2.75) is 16.3 Å². The van der Waals surface area contributed by atoms with E-state index in [1.54, 1.807) is 18.0 Å². The standard InChI is InChI=1S/C28H23N5OS/c29-24-10-3-1-7-19(24)18-31-28(34)23-9-2-4-11-27(23)35-21-13-14-22-25(32-33-26(22)17-21)15-12-20-8-5-6-16-30-20/h1-17H,18,29H2,(H,31,34)(H,32,33)/b15-12+. The lowest BCUT2D eigenvalue weighted by atomic mass is 10.1. The van der Waals surface area contributed by atoms with Gasteiger partial charge in [-0.25, -0.2) is 0 Å². The first-order valence-electron chi connectivity index (χ1n) is 11.1. The molecule has 4 N–H and O–H groups in total. The van der Waals surface area contributed by atoms with Gasteiger partial charge in [0.2, 0.25) is 0 Å². The molecule has 0 atom stereocenters. The van der Waals surface area contributed by atoms with E-state index in [-0.39, 0.29) is 5.91 Å². The number of aromatic amines is 1. The molecule has 0 unspecified atom stereocenters. The van der Waals surface area contributed by atoms with Gasteiger partial charge in [-0.1, -0.05) is 48.2 Å². The number of aromatic nitrogens is 3. The summed E-state index contributed by atoms with van der Waals surface area (Å²) in [6, 6.07) is 27.0. The van der Waals surface area contributed by atoms with Crippen LogP contribution in [0.25, 0.3) is 23.1 Å². The number of nitrogen functional groups attached to an aromatic ring is 1. The fourth-order valence-electron chi connectivity index (χ4n) is 3.69. The largest absolute Gasteiger partial charge is 0.398 e. The number of nitrogens with two attached hydrogens (primary N) is 1. The maximum atomic E-state index is 13.0. The second-order valence-corrected chi connectivity index (χ2v) is 9.00. The van der Waals surface area contributed by atoms with Crippen LogP contribution in [0.4, 0.5) is 5.69 Å². The van der Waals surface area contributed by atoms with Crippen molar-refractivity contribution in [1.29, 1.82) is 0 Å². The topological polar surface area (TPSA) is 96.7 Å². The summed E-state index contributed by atoms with van der Waals surface area (Å²) in [7, 11) is 0. The molecule has 7 heteroatoms. The van der Waals surface area contributed by atoms with Gasteiger partial charge in [0.05, 0.1) is 22.5 Å². The quantitative estimate of drug-likeness (QED) is 0.258. The molecule has 1 amide bonds. The summed E-state index contributed by atoms with van der Waals surface area (Å²) in [6.45, 7) is 0.374. The summed E-state index contributed by atoms with van der Waals surface area (Å²) >= 11 is 1.54. The minimum Gasteiger partial charge on any atom is -0.398 e. The molecule has 0 bridgehead atoms. The number of anilines is 1. The highest BCUT2D eigenvalue weighted by molar-refractivity contribution is 7.99. The van der Waals surface area contributed by atoms with Gasteiger partial charge >= 0.3 is 0 Å². The van der Waals surface area contributed by atoms with Gasteiger partial charge in [-0.05, 0) is 66.2 Å². The molecular weight excluding hydrogens is 454 g/mol. The smallest absolute Gasteiger partial charge is 0.252 e. The summed E-state index contributed by atoms with van der Waals surface area (Å²) in [5, 5.41) is 11.5. The molecule has 6 nitrogen and oxygen atoms in total. The van der Waals surface area contributed by atoms with Crippen LogP contribution >= 0.6 is 11.8 Å². The van der Waals surface area contributed by atoms with Crippen LogP contribution < -0.4 is 11.1 Å². The van der Waals surface area contributed by atoms with E-state index in [9.17, 15) is 4.79 Å². The SMILES string of the molecule is Nc1ccccc1CNC(=O)c1ccccc1Sc1ccc2c(/C=C/c3ccccn3)n[nH]c2c1. The second kappa shape index (κ2) is 10.3. The van der Waals surface area contributed by atoms with E-state index in [0.717, 1.165) is 37.6 Å². The Morgan fingerprint density at radius 3 is 2.66 bits per heavy atom. The third kappa shape index (κ3) is 5.26. The molecule has 0 aliphatic rings. The van der Waals surface area contributed by atoms with Crippen LogP contribution in [0.3, 0.4) is 0 Å². The third-order valence-electron chi connectivity index (χ3n) is 5.52. The summed E-state index contributed by atoms with van der Waals surface area (Å²) in [4.78, 5) is 19.1. The molecule has 0 saturated carbocycles. The first-order valence-corrected chi connectivity index (χ1v) is 11.9. The molecular formula is C28H23N5OS. The molecule has 5 aromatic rings. The minimum absolute atomic E-state index is 0.138. The first kappa shape index (κ1) is 22.4. The van der Waals surface area contributed by atoms with Crippen LogP contribution in [0.5, 0.6) is 0 Å². The zero-order valence-electron chi connectivity index (χ0n) is 18.8. The average Bonchev–Trinajstić information content (AvgIpc) is 3.30. The Bertz CT molecular complexity index is 1510. The van der Waals surface area contributed by atoms with Crippen LogP contribution in [0.1, 0.15) is 27.3 Å². The minimum atomic E-state index is -0.138. The monoisotopic (exact) mass is 477 g/mol. The van der Waals surface area contributed by atoms with Crippen molar-refractivity contribution in [3.63, 3.8) is 0 Å². The number of benzene rings is 3. The molecule has 2 heterocycles. The Kier molecular flexibility index (Phi) is 6.59. The number of hydrogen-bond acceptors (Lipinski definition) is 5. The molecule has 0 aliphatic heterocycles. The van der Waals surface area contributed by atoms with Gasteiger partial charge < -0.3 is 11.1 Å². The third-order valence-corrected chi connectivity index (χ3v) is 6.58. The molecule has 2 aromatic heterocycles. The van der Waals surface area contributed by atoms with Crippen LogP contribution in [0.2, 0.25) is 0 Å². The van der Waals surface area contributed by atoms with Crippen LogP contribution in [-0.2, 0) is 6.54 Å². The van der Waals surface area contributed by atoms with E-state index in [0.29, 0.717) is 17.8 Å². The molecule has 172 valence electrons. The molecule has 3 aromatic carbocycles. The van der Waals surface area contributed by atoms with E-state index in [1.807, 2.05) is 97.1 Å². The Morgan fingerprint density at radius 1 is 0.971 bits per heavy atom. The number of nitrogens with one attached hydrogen (secondary N) is 2. The fraction of sp³-hybridized carbons (Fsp3) is 0.0357. The van der Waals surface area contributed by atoms with Gasteiger partial charge in [-0.15, -0.1) is 0 Å². The van der Waals surface area contributed by atoms with E-state index < -0.39 is 0 Å². The molecule has 0 radical (unpaired) electrons. The molecule has 35 heavy (non-hydrogen) atoms. The van der Waals surface area contributed by atoms with Crippen molar-refractivity contribution in [3.8, 4) is 0 Å². The van der Waals surface area contributed by atoms with Gasteiger partial charge in [0.1, 0.15) is 0 Å². The Morgan fingerprint density at radius 2 is 1.80 bits per heavy atom. The lowest BCUT2D eigenvalue weighted by Gasteiger charge is -2.11. The number of pyridine rings is 1. The van der Waals surface area contributed by atoms with E-state index in [1.165, 1.54) is 0 Å². The van der Waals surface area contributed by atoms with Gasteiger partial charge in [-0.2, -0.15) is 5.10 Å². The predicted molar refractivity (Wildman–Crippen MR) is 142 cm³/mol. The van der Waals surface area contributed by atoms with E-state index in [2.05, 4.69) is 20.5 Å². The number of carbonyl (C=O) groups is 1. The maximum absolute atomic E-state index is 13.0. The zero-order chi connectivity index (χ0) is 24.0. The summed E-state index contributed by atoms with van der Waals surface area (Å²) < 4.78 is 0. The molecule has 0 saturated heterocycles. The molecule has 0 fully saturated rings. The van der Waals surface area contributed by atoms with Crippen molar-refractivity contribution >= 4 is 46.4 Å². The van der Waals surface area contributed by atoms with Crippen molar-refractivity contribution in [3.05, 3.63) is 114 Å². The average molecular weight is 478 g/mol. The van der Waals surface area contributed by atoms with E-state index >= 15 is 0 Å². The highest BCUT2D eigenvalue weighted by Crippen LogP contribution is 2.33. The van der Waals surface area contributed by atoms with Crippen molar-refractivity contribution < 1.29 is 4.79 Å². The Hall–Kier alpha value is -4.36. The van der Waals surface area contributed by atoms with Crippen LogP contribution in [-0.4, -0.2) is 21.1 Å². The number of hydrogen-bond donors (Lipinski definition) is 3. The van der Waals surface area contributed by atoms with Gasteiger partial charge in [0.25, 0.3) is 5.91 Å². The maximum Gasteiger partial charge on any atom is 0.252 e. The van der Waals surface area contributed by atoms with Gasteiger partial charge in [-0.3, -0.25) is 14.9 Å². The van der Waals surface area contributed by atoms with Crippen molar-refractivity contribution in [1.82, 2.24) is 20.5 Å². The van der Waals surface area contributed by atoms with Crippen molar-refractivity contribution in [2.24, 2.45) is 0 Å². The molecule has 0 spiro atoms. The highest BCUT2D eigenvalue weighted by atomic mass is 32.2. The molecule has 0 aliphatic carbocycles. The van der Waals surface area contributed by atoms with Gasteiger partial charge in [0.15, 0.2) is 0 Å².